The summed E-state index contributed by atoms with van der Waals surface area (Å²) < 4.78 is 0. The standard InChI is InChI=1S/C19H23N3S.C2H6/c1-6-16(11-21)10-17(8-7-9-20)23-19-14(4)15(5)22-12-18(19)13(2)3;1-2/h6,8,10,13,22H,1,7,12H2,2-5H3;1-2H3/b16-10+,17-8+;. The number of nitriles is 2. The van der Waals surface area contributed by atoms with Gasteiger partial charge < -0.3 is 5.32 Å². The lowest BCUT2D eigenvalue weighted by Gasteiger charge is -2.26. The molecule has 134 valence electrons. The Bertz CT molecular complexity index is 677. The van der Waals surface area contributed by atoms with Gasteiger partial charge in [-0.3, -0.25) is 0 Å². The van der Waals surface area contributed by atoms with E-state index in [-0.39, 0.29) is 0 Å². The summed E-state index contributed by atoms with van der Waals surface area (Å²) in [7, 11) is 0. The highest BCUT2D eigenvalue weighted by Crippen LogP contribution is 2.39. The van der Waals surface area contributed by atoms with Gasteiger partial charge >= 0.3 is 0 Å². The lowest BCUT2D eigenvalue weighted by molar-refractivity contribution is 0.688. The van der Waals surface area contributed by atoms with Crippen molar-refractivity contribution in [3.8, 4) is 12.1 Å². The van der Waals surface area contributed by atoms with Gasteiger partial charge in [0.1, 0.15) is 0 Å². The fourth-order valence-corrected chi connectivity index (χ4v) is 3.48. The van der Waals surface area contributed by atoms with Crippen LogP contribution in [0.15, 0.2) is 57.0 Å². The van der Waals surface area contributed by atoms with Gasteiger partial charge in [0.05, 0.1) is 24.1 Å². The van der Waals surface area contributed by atoms with Gasteiger partial charge in [0.2, 0.25) is 0 Å². The number of dihydropyridines is 1. The zero-order chi connectivity index (χ0) is 19.4. The van der Waals surface area contributed by atoms with Crippen molar-refractivity contribution in [2.75, 3.05) is 6.54 Å². The summed E-state index contributed by atoms with van der Waals surface area (Å²) in [5, 5.41) is 21.4. The second-order valence-corrected chi connectivity index (χ2v) is 6.68. The number of nitrogens with one attached hydrogen (secondary N) is 1. The number of hydrogen-bond donors (Lipinski definition) is 1. The molecule has 25 heavy (non-hydrogen) atoms. The molecule has 1 aliphatic rings. The molecule has 1 rings (SSSR count). The first-order valence-electron chi connectivity index (χ1n) is 8.58. The quantitative estimate of drug-likeness (QED) is 0.470. The first-order valence-corrected chi connectivity index (χ1v) is 9.40. The third kappa shape index (κ3) is 7.08. The molecule has 0 saturated heterocycles. The Morgan fingerprint density at radius 1 is 1.32 bits per heavy atom. The first kappa shape index (κ1) is 22.8. The molecule has 0 aromatic heterocycles. The predicted octanol–water partition coefficient (Wildman–Crippen LogP) is 5.99. The van der Waals surface area contributed by atoms with Gasteiger partial charge in [-0.2, -0.15) is 10.5 Å². The first-order chi connectivity index (χ1) is 11.9. The van der Waals surface area contributed by atoms with Crippen LogP contribution in [0.5, 0.6) is 0 Å². The largest absolute Gasteiger partial charge is 0.385 e. The molecule has 0 saturated carbocycles. The van der Waals surface area contributed by atoms with E-state index in [9.17, 15) is 0 Å². The maximum Gasteiger partial charge on any atom is 0.0991 e. The molecule has 1 N–H and O–H groups in total. The molecule has 4 heteroatoms. The van der Waals surface area contributed by atoms with Crippen molar-refractivity contribution in [2.24, 2.45) is 5.92 Å². The smallest absolute Gasteiger partial charge is 0.0991 e. The lowest BCUT2D eigenvalue weighted by atomic mass is 9.97. The van der Waals surface area contributed by atoms with Gasteiger partial charge in [0, 0.05) is 22.1 Å². The van der Waals surface area contributed by atoms with E-state index in [4.69, 9.17) is 10.5 Å². The van der Waals surface area contributed by atoms with Gasteiger partial charge in [-0.05, 0) is 37.0 Å². The van der Waals surface area contributed by atoms with E-state index in [1.807, 2.05) is 19.9 Å². The van der Waals surface area contributed by atoms with Crippen LogP contribution in [0.2, 0.25) is 0 Å². The van der Waals surface area contributed by atoms with Crippen LogP contribution in [0, 0.1) is 28.6 Å². The SMILES string of the molecule is C=C/C(C#N)=C\C(=C/CC#N)SC1=C(C(C)C)CNC(C)=C1C.CC. The summed E-state index contributed by atoms with van der Waals surface area (Å²) in [6.45, 7) is 17.0. The topological polar surface area (TPSA) is 59.6 Å². The number of thioether (sulfide) groups is 1. The maximum atomic E-state index is 9.12. The molecule has 0 spiro atoms. The summed E-state index contributed by atoms with van der Waals surface area (Å²) in [5.74, 6) is 0.434. The molecule has 1 aliphatic heterocycles. The maximum absolute atomic E-state index is 9.12. The van der Waals surface area contributed by atoms with Crippen molar-refractivity contribution in [3.63, 3.8) is 0 Å². The molecular formula is C21H29N3S. The number of allylic oxidation sites excluding steroid dienone is 6. The van der Waals surface area contributed by atoms with Crippen LogP contribution in [0.25, 0.3) is 0 Å². The molecule has 3 nitrogen and oxygen atoms in total. The highest BCUT2D eigenvalue weighted by Gasteiger charge is 2.20. The van der Waals surface area contributed by atoms with Crippen molar-refractivity contribution in [1.82, 2.24) is 5.32 Å². The van der Waals surface area contributed by atoms with E-state index in [1.165, 1.54) is 27.8 Å². The van der Waals surface area contributed by atoms with Crippen molar-refractivity contribution in [1.29, 1.82) is 10.5 Å². The molecule has 0 atom stereocenters. The highest BCUT2D eigenvalue weighted by molar-refractivity contribution is 8.07. The molecule has 0 aromatic rings. The number of nitrogens with zero attached hydrogens (tertiary/aromatic N) is 2. The second kappa shape index (κ2) is 12.2. The van der Waals surface area contributed by atoms with E-state index in [2.05, 4.69) is 51.7 Å². The van der Waals surface area contributed by atoms with Crippen molar-refractivity contribution < 1.29 is 0 Å². The van der Waals surface area contributed by atoms with Gasteiger partial charge in [-0.1, -0.05) is 58.2 Å². The van der Waals surface area contributed by atoms with Gasteiger partial charge in [0.15, 0.2) is 0 Å². The van der Waals surface area contributed by atoms with Crippen LogP contribution < -0.4 is 5.32 Å². The minimum Gasteiger partial charge on any atom is -0.385 e. The van der Waals surface area contributed by atoms with Gasteiger partial charge in [-0.25, -0.2) is 0 Å². The van der Waals surface area contributed by atoms with Gasteiger partial charge in [-0.15, -0.1) is 0 Å². The molecule has 0 bridgehead atoms. The minimum absolute atomic E-state index is 0.318. The number of hydrogen-bond acceptors (Lipinski definition) is 4. The Kier molecular flexibility index (Phi) is 11.2. The summed E-state index contributed by atoms with van der Waals surface area (Å²) >= 11 is 1.63. The Morgan fingerprint density at radius 2 is 1.96 bits per heavy atom. The summed E-state index contributed by atoms with van der Waals surface area (Å²) in [6.07, 6.45) is 5.51. The van der Waals surface area contributed by atoms with Gasteiger partial charge in [0.25, 0.3) is 0 Å². The number of rotatable bonds is 6. The van der Waals surface area contributed by atoms with Crippen LogP contribution in [-0.2, 0) is 0 Å². The monoisotopic (exact) mass is 355 g/mol. The Morgan fingerprint density at radius 3 is 2.44 bits per heavy atom. The zero-order valence-electron chi connectivity index (χ0n) is 16.2. The van der Waals surface area contributed by atoms with Crippen LogP contribution in [-0.4, -0.2) is 6.54 Å². The molecule has 0 aromatic carbocycles. The van der Waals surface area contributed by atoms with Crippen LogP contribution >= 0.6 is 11.8 Å². The van der Waals surface area contributed by atoms with Crippen LogP contribution in [0.1, 0.15) is 48.0 Å². The lowest BCUT2D eigenvalue weighted by Crippen LogP contribution is -2.24. The molecular weight excluding hydrogens is 326 g/mol. The van der Waals surface area contributed by atoms with Crippen molar-refractivity contribution in [2.45, 2.75) is 48.0 Å². The van der Waals surface area contributed by atoms with Crippen LogP contribution in [0.4, 0.5) is 0 Å². The third-order valence-electron chi connectivity index (χ3n) is 3.70. The van der Waals surface area contributed by atoms with E-state index in [1.54, 1.807) is 17.8 Å². The molecule has 0 amide bonds. The molecule has 0 radical (unpaired) electrons. The summed E-state index contributed by atoms with van der Waals surface area (Å²) in [6, 6.07) is 4.25. The Balaban J connectivity index is 0.00000277. The molecule has 0 unspecified atom stereocenters. The van der Waals surface area contributed by atoms with Crippen molar-refractivity contribution in [3.05, 3.63) is 57.0 Å². The molecule has 0 fully saturated rings. The normalized spacial score (nSPS) is 15.1. The average Bonchev–Trinajstić information content (AvgIpc) is 2.62. The zero-order valence-corrected chi connectivity index (χ0v) is 17.0. The second-order valence-electron chi connectivity index (χ2n) is 5.60. The highest BCUT2D eigenvalue weighted by atomic mass is 32.2. The predicted molar refractivity (Wildman–Crippen MR) is 109 cm³/mol. The average molecular weight is 356 g/mol. The minimum atomic E-state index is 0.318. The van der Waals surface area contributed by atoms with E-state index in [0.29, 0.717) is 17.9 Å². The molecule has 1 heterocycles. The Hall–Kier alpha value is -2.17. The fourth-order valence-electron chi connectivity index (χ4n) is 2.14. The fraction of sp³-hybridized carbons (Fsp3) is 0.429. The summed E-state index contributed by atoms with van der Waals surface area (Å²) in [4.78, 5) is 2.14. The third-order valence-corrected chi connectivity index (χ3v) is 4.99. The van der Waals surface area contributed by atoms with Crippen LogP contribution in [0.3, 0.4) is 0 Å². The van der Waals surface area contributed by atoms with E-state index in [0.717, 1.165) is 11.4 Å². The van der Waals surface area contributed by atoms with Crippen molar-refractivity contribution >= 4 is 11.8 Å². The van der Waals surface area contributed by atoms with E-state index >= 15 is 0 Å². The van der Waals surface area contributed by atoms with E-state index < -0.39 is 0 Å². The molecule has 0 aliphatic carbocycles. The summed E-state index contributed by atoms with van der Waals surface area (Å²) in [5.41, 5.74) is 4.25. The Labute approximate surface area is 157 Å².